The van der Waals surface area contributed by atoms with Crippen molar-refractivity contribution >= 4 is 46.6 Å². The summed E-state index contributed by atoms with van der Waals surface area (Å²) in [6.45, 7) is 1.18. The summed E-state index contributed by atoms with van der Waals surface area (Å²) >= 11 is 8.03. The first-order valence-electron chi connectivity index (χ1n) is 10.8. The molecule has 2 heterocycles. The molecular weight excluding hydrogens is 466 g/mol. The van der Waals surface area contributed by atoms with E-state index in [0.717, 1.165) is 21.8 Å². The number of para-hydroxylation sites is 1. The zero-order chi connectivity index (χ0) is 23.7. The Hall–Kier alpha value is -3.48. The highest BCUT2D eigenvalue weighted by Gasteiger charge is 2.25. The topological polar surface area (TPSA) is 54.3 Å². The molecule has 0 atom stereocenters. The van der Waals surface area contributed by atoms with Crippen LogP contribution in [0.4, 0.5) is 11.4 Å². The molecule has 5 rings (SSSR count). The molecule has 1 aliphatic rings. The quantitative estimate of drug-likeness (QED) is 0.342. The van der Waals surface area contributed by atoms with Crippen molar-refractivity contribution in [3.63, 3.8) is 0 Å². The van der Waals surface area contributed by atoms with Gasteiger partial charge in [-0.25, -0.2) is 0 Å². The average molecular weight is 488 g/mol. The molecule has 1 N–H and O–H groups in total. The number of thioether (sulfide) groups is 1. The smallest absolute Gasteiger partial charge is 0.258 e. The minimum Gasteiger partial charge on any atom is -0.345 e. The first-order valence-corrected chi connectivity index (χ1v) is 12.4. The Labute approximate surface area is 207 Å². The molecule has 1 aromatic heterocycles. The third-order valence-electron chi connectivity index (χ3n) is 5.93. The SMILES string of the molecule is CSc1ccccc1C(=O)Nc1ccc(C(=O)N2Cc3cccn3Cc3ccccc32)cc1Cl. The van der Waals surface area contributed by atoms with Gasteiger partial charge >= 0.3 is 0 Å². The van der Waals surface area contributed by atoms with Crippen LogP contribution in [0.5, 0.6) is 0 Å². The Morgan fingerprint density at radius 3 is 2.56 bits per heavy atom. The highest BCUT2D eigenvalue weighted by atomic mass is 35.5. The van der Waals surface area contributed by atoms with Crippen molar-refractivity contribution < 1.29 is 9.59 Å². The third kappa shape index (κ3) is 4.22. The van der Waals surface area contributed by atoms with Crippen LogP contribution < -0.4 is 10.2 Å². The number of carbonyl (C=O) groups is 2. The molecule has 2 amide bonds. The highest BCUT2D eigenvalue weighted by Crippen LogP contribution is 2.31. The maximum absolute atomic E-state index is 13.6. The summed E-state index contributed by atoms with van der Waals surface area (Å²) in [5, 5.41) is 3.18. The van der Waals surface area contributed by atoms with Crippen molar-refractivity contribution in [2.75, 3.05) is 16.5 Å². The number of carbonyl (C=O) groups excluding carboxylic acids is 2. The molecule has 0 saturated heterocycles. The van der Waals surface area contributed by atoms with Gasteiger partial charge in [-0.2, -0.15) is 0 Å². The van der Waals surface area contributed by atoms with E-state index in [4.69, 9.17) is 11.6 Å². The molecule has 0 spiro atoms. The van der Waals surface area contributed by atoms with Gasteiger partial charge in [0.1, 0.15) is 0 Å². The molecule has 0 unspecified atom stereocenters. The lowest BCUT2D eigenvalue weighted by Crippen LogP contribution is -2.30. The predicted molar refractivity (Wildman–Crippen MR) is 138 cm³/mol. The van der Waals surface area contributed by atoms with Gasteiger partial charge < -0.3 is 14.8 Å². The summed E-state index contributed by atoms with van der Waals surface area (Å²) in [7, 11) is 0. The van der Waals surface area contributed by atoms with Crippen molar-refractivity contribution in [2.45, 2.75) is 18.0 Å². The van der Waals surface area contributed by atoms with E-state index in [1.807, 2.05) is 67.0 Å². The van der Waals surface area contributed by atoms with Gasteiger partial charge in [-0.05, 0) is 60.4 Å². The maximum atomic E-state index is 13.6. The molecule has 0 bridgehead atoms. The van der Waals surface area contributed by atoms with Gasteiger partial charge in [0.25, 0.3) is 11.8 Å². The van der Waals surface area contributed by atoms with Gasteiger partial charge in [-0.3, -0.25) is 9.59 Å². The fourth-order valence-corrected chi connectivity index (χ4v) is 5.02. The lowest BCUT2D eigenvalue weighted by Gasteiger charge is -2.23. The van der Waals surface area contributed by atoms with Crippen LogP contribution in [0.25, 0.3) is 0 Å². The molecule has 1 aliphatic heterocycles. The number of anilines is 2. The molecule has 5 nitrogen and oxygen atoms in total. The van der Waals surface area contributed by atoms with E-state index >= 15 is 0 Å². The maximum Gasteiger partial charge on any atom is 0.258 e. The van der Waals surface area contributed by atoms with Gasteiger partial charge in [-0.1, -0.05) is 41.9 Å². The fourth-order valence-electron chi connectivity index (χ4n) is 4.19. The Balaban J connectivity index is 1.42. The molecule has 4 aromatic rings. The molecule has 0 saturated carbocycles. The highest BCUT2D eigenvalue weighted by molar-refractivity contribution is 7.98. The molecule has 0 aliphatic carbocycles. The number of hydrogen-bond acceptors (Lipinski definition) is 3. The first kappa shape index (κ1) is 22.3. The van der Waals surface area contributed by atoms with E-state index in [2.05, 4.69) is 9.88 Å². The molecule has 0 radical (unpaired) electrons. The summed E-state index contributed by atoms with van der Waals surface area (Å²) in [4.78, 5) is 29.1. The largest absolute Gasteiger partial charge is 0.345 e. The van der Waals surface area contributed by atoms with E-state index < -0.39 is 0 Å². The minimum atomic E-state index is -0.242. The Kier molecular flexibility index (Phi) is 6.18. The van der Waals surface area contributed by atoms with E-state index in [1.54, 1.807) is 29.2 Å². The van der Waals surface area contributed by atoms with Gasteiger partial charge in [0.05, 0.1) is 22.8 Å². The minimum absolute atomic E-state index is 0.144. The van der Waals surface area contributed by atoms with Crippen LogP contribution in [0.1, 0.15) is 32.0 Å². The van der Waals surface area contributed by atoms with Gasteiger partial charge in [0.2, 0.25) is 0 Å². The zero-order valence-electron chi connectivity index (χ0n) is 18.5. The number of benzene rings is 3. The number of fused-ring (bicyclic) bond motifs is 2. The lowest BCUT2D eigenvalue weighted by atomic mass is 10.1. The van der Waals surface area contributed by atoms with Crippen molar-refractivity contribution in [1.29, 1.82) is 0 Å². The zero-order valence-corrected chi connectivity index (χ0v) is 20.1. The van der Waals surface area contributed by atoms with E-state index in [9.17, 15) is 9.59 Å². The van der Waals surface area contributed by atoms with Crippen molar-refractivity contribution in [3.8, 4) is 0 Å². The Morgan fingerprint density at radius 1 is 0.941 bits per heavy atom. The Bertz CT molecular complexity index is 1400. The van der Waals surface area contributed by atoms with Crippen molar-refractivity contribution in [2.24, 2.45) is 0 Å². The summed E-state index contributed by atoms with van der Waals surface area (Å²) in [6, 6.07) is 24.4. The second kappa shape index (κ2) is 9.41. The molecular formula is C27H22ClN3O2S. The summed E-state index contributed by atoms with van der Waals surface area (Å²) in [5.41, 5.74) is 4.53. The van der Waals surface area contributed by atoms with Gasteiger partial charge in [-0.15, -0.1) is 11.8 Å². The second-order valence-corrected chi connectivity index (χ2v) is 9.25. The lowest BCUT2D eigenvalue weighted by molar-refractivity contribution is 0.0983. The molecule has 170 valence electrons. The van der Waals surface area contributed by atoms with Crippen molar-refractivity contribution in [3.05, 3.63) is 112 Å². The Morgan fingerprint density at radius 2 is 1.74 bits per heavy atom. The third-order valence-corrected chi connectivity index (χ3v) is 7.04. The van der Waals surface area contributed by atoms with Crippen LogP contribution in [-0.2, 0) is 13.1 Å². The number of aromatic nitrogens is 1. The van der Waals surface area contributed by atoms with Crippen molar-refractivity contribution in [1.82, 2.24) is 4.57 Å². The molecule has 0 fully saturated rings. The number of amides is 2. The number of hydrogen-bond donors (Lipinski definition) is 1. The standard InChI is InChI=1S/C27H22ClN3O2S/c1-34-25-11-5-3-9-21(25)26(32)29-23-13-12-18(15-22(23)28)27(33)31-17-20-8-6-14-30(20)16-19-7-2-4-10-24(19)31/h2-15H,16-17H2,1H3,(H,29,32). The number of nitrogens with one attached hydrogen (secondary N) is 1. The molecule has 34 heavy (non-hydrogen) atoms. The normalized spacial score (nSPS) is 12.5. The van der Waals surface area contributed by atoms with E-state index in [0.29, 0.717) is 34.9 Å². The molecule has 7 heteroatoms. The number of nitrogens with zero attached hydrogens (tertiary/aromatic N) is 2. The van der Waals surface area contributed by atoms with Crippen LogP contribution in [0.3, 0.4) is 0 Å². The van der Waals surface area contributed by atoms with Crippen LogP contribution in [0.2, 0.25) is 5.02 Å². The number of halogens is 1. The predicted octanol–water partition coefficient (Wildman–Crippen LogP) is 6.32. The van der Waals surface area contributed by atoms with Crippen LogP contribution in [-0.4, -0.2) is 22.6 Å². The fraction of sp³-hybridized carbons (Fsp3) is 0.111. The van der Waals surface area contributed by atoms with Crippen LogP contribution in [0.15, 0.2) is 90.0 Å². The second-order valence-electron chi connectivity index (χ2n) is 8.00. The monoisotopic (exact) mass is 487 g/mol. The van der Waals surface area contributed by atoms with Gasteiger partial charge in [0, 0.05) is 34.6 Å². The van der Waals surface area contributed by atoms with Gasteiger partial charge in [0.15, 0.2) is 0 Å². The number of rotatable bonds is 4. The summed E-state index contributed by atoms with van der Waals surface area (Å²) in [5.74, 6) is -0.386. The van der Waals surface area contributed by atoms with E-state index in [1.165, 1.54) is 11.8 Å². The summed E-state index contributed by atoms with van der Waals surface area (Å²) < 4.78 is 2.16. The average Bonchev–Trinajstić information content (AvgIpc) is 3.23. The first-order chi connectivity index (χ1) is 16.5. The van der Waals surface area contributed by atoms with E-state index in [-0.39, 0.29) is 11.8 Å². The summed E-state index contributed by atoms with van der Waals surface area (Å²) in [6.07, 6.45) is 3.96. The van der Waals surface area contributed by atoms with Crippen LogP contribution >= 0.6 is 23.4 Å². The molecule has 3 aromatic carbocycles. The van der Waals surface area contributed by atoms with Crippen LogP contribution in [0, 0.1) is 0 Å².